The molecule has 0 aliphatic heterocycles. The molecule has 2 N–H and O–H groups in total. The molecule has 208 valence electrons. The summed E-state index contributed by atoms with van der Waals surface area (Å²) in [5, 5.41) is 15.7. The van der Waals surface area contributed by atoms with Crippen molar-refractivity contribution in [1.82, 2.24) is 20.0 Å². The van der Waals surface area contributed by atoms with Crippen LogP contribution in [0.5, 0.6) is 0 Å². The van der Waals surface area contributed by atoms with Crippen LogP contribution in [0.2, 0.25) is 20.1 Å². The minimum absolute atomic E-state index is 0.147. The molecule has 0 bridgehead atoms. The standard InChI is InChI=1S/C29H21Cl4N5O3/c1-15(40-28(34)39)23-24(26-35-36-27(41-26)29(12-13-29)17-4-8-19(31)9-5-17)37-38(22-11-10-20(32)14-21(22)33)25(23)16-2-6-18(30)7-3-16/h2-11,14-15H,12-13H2,1H3,(H2,34,39). The molecule has 0 spiro atoms. The number of hydrogen-bond donors (Lipinski definition) is 1. The summed E-state index contributed by atoms with van der Waals surface area (Å²) in [4.78, 5) is 11.9. The summed E-state index contributed by atoms with van der Waals surface area (Å²) in [7, 11) is 0. The van der Waals surface area contributed by atoms with Crippen LogP contribution in [-0.4, -0.2) is 26.1 Å². The van der Waals surface area contributed by atoms with Crippen molar-refractivity contribution in [3.63, 3.8) is 0 Å². The van der Waals surface area contributed by atoms with Gasteiger partial charge in [-0.05, 0) is 67.8 Å². The van der Waals surface area contributed by atoms with Gasteiger partial charge >= 0.3 is 6.09 Å². The first-order valence-electron chi connectivity index (χ1n) is 12.6. The lowest BCUT2D eigenvalue weighted by Crippen LogP contribution is -2.16. The third kappa shape index (κ3) is 5.17. The Morgan fingerprint density at radius 3 is 2.20 bits per heavy atom. The summed E-state index contributed by atoms with van der Waals surface area (Å²) in [5.74, 6) is 0.602. The molecule has 12 heteroatoms. The Kier molecular flexibility index (Phi) is 7.20. The Morgan fingerprint density at radius 1 is 0.951 bits per heavy atom. The van der Waals surface area contributed by atoms with E-state index in [1.807, 2.05) is 36.4 Å². The first-order valence-corrected chi connectivity index (χ1v) is 14.1. The van der Waals surface area contributed by atoms with Gasteiger partial charge in [-0.25, -0.2) is 9.48 Å². The van der Waals surface area contributed by atoms with E-state index in [9.17, 15) is 4.79 Å². The number of primary amides is 1. The van der Waals surface area contributed by atoms with Gasteiger partial charge in [0.25, 0.3) is 5.89 Å². The van der Waals surface area contributed by atoms with Gasteiger partial charge in [0.15, 0.2) is 5.69 Å². The molecule has 3 aromatic carbocycles. The van der Waals surface area contributed by atoms with Crippen molar-refractivity contribution in [2.24, 2.45) is 5.73 Å². The van der Waals surface area contributed by atoms with Gasteiger partial charge in [-0.2, -0.15) is 5.10 Å². The number of nitrogens with two attached hydrogens (primary N) is 1. The van der Waals surface area contributed by atoms with Crippen molar-refractivity contribution in [3.05, 3.63) is 104 Å². The van der Waals surface area contributed by atoms with Crippen molar-refractivity contribution < 1.29 is 13.9 Å². The van der Waals surface area contributed by atoms with E-state index in [0.29, 0.717) is 54.2 Å². The maximum atomic E-state index is 11.9. The summed E-state index contributed by atoms with van der Waals surface area (Å²) in [6, 6.07) is 19.8. The first-order chi connectivity index (χ1) is 19.7. The van der Waals surface area contributed by atoms with Gasteiger partial charge in [0.1, 0.15) is 6.10 Å². The van der Waals surface area contributed by atoms with Crippen molar-refractivity contribution >= 4 is 52.5 Å². The molecule has 1 saturated carbocycles. The SMILES string of the molecule is CC(OC(N)=O)c1c(-c2nnc(C3(c4ccc(Cl)cc4)CC3)o2)nn(-c2ccc(Cl)cc2Cl)c1-c1ccc(Cl)cc1. The van der Waals surface area contributed by atoms with Crippen LogP contribution in [0, 0.1) is 0 Å². The highest BCUT2D eigenvalue weighted by Crippen LogP contribution is 2.53. The minimum atomic E-state index is -0.950. The molecule has 1 atom stereocenters. The maximum Gasteiger partial charge on any atom is 0.405 e. The van der Waals surface area contributed by atoms with Crippen LogP contribution in [-0.2, 0) is 10.2 Å². The lowest BCUT2D eigenvalue weighted by molar-refractivity contribution is 0.117. The summed E-state index contributed by atoms with van der Waals surface area (Å²) < 4.78 is 13.4. The average molecular weight is 629 g/mol. The van der Waals surface area contributed by atoms with E-state index in [0.717, 1.165) is 18.4 Å². The highest BCUT2D eigenvalue weighted by Gasteiger charge is 2.51. The Hall–Kier alpha value is -3.56. The van der Waals surface area contributed by atoms with Gasteiger partial charge in [-0.3, -0.25) is 0 Å². The smallest absolute Gasteiger partial charge is 0.405 e. The number of hydrogen-bond acceptors (Lipinski definition) is 6. The van der Waals surface area contributed by atoms with Gasteiger partial charge in [-0.1, -0.05) is 70.7 Å². The van der Waals surface area contributed by atoms with Gasteiger partial charge in [-0.15, -0.1) is 10.2 Å². The number of halogens is 4. The molecule has 1 fully saturated rings. The van der Waals surface area contributed by atoms with E-state index in [-0.39, 0.29) is 5.89 Å². The second kappa shape index (κ2) is 10.7. The van der Waals surface area contributed by atoms with Crippen LogP contribution in [0.3, 0.4) is 0 Å². The molecular weight excluding hydrogens is 608 g/mol. The van der Waals surface area contributed by atoms with E-state index >= 15 is 0 Å². The fraction of sp³-hybridized carbons (Fsp3) is 0.172. The number of nitrogens with zero attached hydrogens (tertiary/aromatic N) is 4. The molecule has 2 aromatic heterocycles. The zero-order chi connectivity index (χ0) is 28.9. The van der Waals surface area contributed by atoms with Crippen LogP contribution in [0.4, 0.5) is 4.79 Å². The topological polar surface area (TPSA) is 109 Å². The lowest BCUT2D eigenvalue weighted by Gasteiger charge is -2.16. The molecule has 1 unspecified atom stereocenters. The van der Waals surface area contributed by atoms with E-state index in [4.69, 9.17) is 66.4 Å². The molecule has 8 nitrogen and oxygen atoms in total. The number of aromatic nitrogens is 4. The third-order valence-electron chi connectivity index (χ3n) is 7.06. The molecule has 1 aliphatic rings. The minimum Gasteiger partial charge on any atom is -0.442 e. The second-order valence-electron chi connectivity index (χ2n) is 9.71. The van der Waals surface area contributed by atoms with Crippen LogP contribution in [0.25, 0.3) is 28.5 Å². The van der Waals surface area contributed by atoms with Crippen LogP contribution < -0.4 is 5.73 Å². The van der Waals surface area contributed by atoms with Crippen molar-refractivity contribution in [2.45, 2.75) is 31.3 Å². The Bertz CT molecular complexity index is 1760. The van der Waals surface area contributed by atoms with Crippen molar-refractivity contribution in [1.29, 1.82) is 0 Å². The molecule has 2 heterocycles. The number of rotatable bonds is 7. The lowest BCUT2D eigenvalue weighted by atomic mass is 9.96. The fourth-order valence-corrected chi connectivity index (χ4v) is 5.69. The van der Waals surface area contributed by atoms with Gasteiger partial charge in [0.05, 0.1) is 27.4 Å². The molecule has 0 radical (unpaired) electrons. The van der Waals surface area contributed by atoms with Crippen molar-refractivity contribution in [3.8, 4) is 28.5 Å². The molecule has 6 rings (SSSR count). The van der Waals surface area contributed by atoms with E-state index in [2.05, 4.69) is 10.2 Å². The number of benzene rings is 3. The molecular formula is C29H21Cl4N5O3. The molecule has 1 amide bonds. The number of amides is 1. The second-order valence-corrected chi connectivity index (χ2v) is 11.4. The summed E-state index contributed by atoms with van der Waals surface area (Å²) in [5.41, 5.74) is 8.65. The molecule has 1 aliphatic carbocycles. The van der Waals surface area contributed by atoms with Gasteiger partial charge < -0.3 is 14.9 Å². The molecule has 0 saturated heterocycles. The fourth-order valence-electron chi connectivity index (χ4n) is 4.95. The van der Waals surface area contributed by atoms with E-state index in [1.54, 1.807) is 41.9 Å². The van der Waals surface area contributed by atoms with Gasteiger partial charge in [0, 0.05) is 20.6 Å². The molecule has 5 aromatic rings. The highest BCUT2D eigenvalue weighted by atomic mass is 35.5. The predicted octanol–water partition coefficient (Wildman–Crippen LogP) is 8.44. The normalized spacial score (nSPS) is 14.6. The molecule has 41 heavy (non-hydrogen) atoms. The van der Waals surface area contributed by atoms with Crippen LogP contribution in [0.1, 0.15) is 42.9 Å². The summed E-state index contributed by atoms with van der Waals surface area (Å²) in [6.45, 7) is 1.69. The number of carbonyl (C=O) groups excluding carboxylic acids is 1. The predicted molar refractivity (Wildman–Crippen MR) is 158 cm³/mol. The Morgan fingerprint density at radius 2 is 1.59 bits per heavy atom. The van der Waals surface area contributed by atoms with E-state index in [1.165, 1.54) is 0 Å². The average Bonchev–Trinajstić information content (AvgIpc) is 3.41. The van der Waals surface area contributed by atoms with Crippen molar-refractivity contribution in [2.75, 3.05) is 0 Å². The quantitative estimate of drug-likeness (QED) is 0.194. The zero-order valence-electron chi connectivity index (χ0n) is 21.4. The Labute approximate surface area is 254 Å². The van der Waals surface area contributed by atoms with Crippen LogP contribution >= 0.6 is 46.4 Å². The van der Waals surface area contributed by atoms with Crippen LogP contribution in [0.15, 0.2) is 71.1 Å². The van der Waals surface area contributed by atoms with E-state index < -0.39 is 17.6 Å². The highest BCUT2D eigenvalue weighted by molar-refractivity contribution is 6.35. The third-order valence-corrected chi connectivity index (χ3v) is 8.10. The number of carbonyl (C=O) groups is 1. The number of ether oxygens (including phenoxy) is 1. The maximum absolute atomic E-state index is 11.9. The largest absolute Gasteiger partial charge is 0.442 e. The summed E-state index contributed by atoms with van der Waals surface area (Å²) >= 11 is 25.1. The van der Waals surface area contributed by atoms with Gasteiger partial charge in [0.2, 0.25) is 5.89 Å². The Balaban J connectivity index is 1.56. The zero-order valence-corrected chi connectivity index (χ0v) is 24.5. The summed E-state index contributed by atoms with van der Waals surface area (Å²) in [6.07, 6.45) is -0.118. The first kappa shape index (κ1) is 27.6. The monoisotopic (exact) mass is 627 g/mol.